The second kappa shape index (κ2) is 13.3. The molecule has 0 radical (unpaired) electrons. The molecule has 6 rings (SSSR count). The number of hydrogen-bond donors (Lipinski definition) is 2. The number of nitrogens with zero attached hydrogens (tertiary/aromatic N) is 4. The summed E-state index contributed by atoms with van der Waals surface area (Å²) in [5.74, 6) is 0.194. The van der Waals surface area contributed by atoms with Crippen LogP contribution in [0.2, 0.25) is 0 Å². The number of rotatable bonds is 8. The third-order valence-electron chi connectivity index (χ3n) is 8.99. The summed E-state index contributed by atoms with van der Waals surface area (Å²) in [4.78, 5) is 30.8. The summed E-state index contributed by atoms with van der Waals surface area (Å²) in [5.41, 5.74) is 3.40. The highest BCUT2D eigenvalue weighted by atomic mass is 19.1. The maximum atomic E-state index is 13.7. The van der Waals surface area contributed by atoms with Gasteiger partial charge in [0.15, 0.2) is 5.58 Å². The second-order valence-electron chi connectivity index (χ2n) is 11.8. The summed E-state index contributed by atoms with van der Waals surface area (Å²) in [6.07, 6.45) is 2.12. The zero-order chi connectivity index (χ0) is 30.0. The SMILES string of the molecule is Cc1nc2n(c(=O)c1CC[N+]1(COC(=O)NCc3ccccc3)CCC(c3noc4cc(F)ccc34)CC1)CCCC2O.[CH3-]. The van der Waals surface area contributed by atoms with Crippen molar-refractivity contribution in [2.24, 2.45) is 0 Å². The van der Waals surface area contributed by atoms with Gasteiger partial charge in [-0.1, -0.05) is 35.5 Å². The summed E-state index contributed by atoms with van der Waals surface area (Å²) in [7, 11) is 0. The fraction of sp³-hybridized carbons (Fsp3) is 0.424. The van der Waals surface area contributed by atoms with Crippen LogP contribution in [-0.4, -0.2) is 56.8 Å². The standard InChI is InChI=1S/C32H36FN5O5.CH3/c1-21-25(31(40)37-14-5-8-27(39)30(37)35-21)13-17-38(20-42-32(41)34-19-22-6-3-2-4-7-22)15-11-23(12-16-38)29-26-10-9-24(33)18-28(26)43-36-29;/h2-4,6-7,9-10,18,23,27,39H,5,8,11-17,19-20H2,1H3;1H3/q;-1/p+1. The van der Waals surface area contributed by atoms with Crippen molar-refractivity contribution in [1.29, 1.82) is 0 Å². The number of aliphatic hydroxyl groups is 1. The molecule has 2 aromatic carbocycles. The lowest BCUT2D eigenvalue weighted by molar-refractivity contribution is -0.947. The lowest BCUT2D eigenvalue weighted by atomic mass is 9.90. The molecule has 4 aromatic rings. The van der Waals surface area contributed by atoms with E-state index in [0.717, 1.165) is 35.9 Å². The highest BCUT2D eigenvalue weighted by Gasteiger charge is 2.38. The van der Waals surface area contributed by atoms with Crippen LogP contribution in [0.25, 0.3) is 11.0 Å². The molecule has 0 aliphatic carbocycles. The number of ether oxygens (including phenoxy) is 1. The summed E-state index contributed by atoms with van der Waals surface area (Å²) in [6, 6.07) is 14.1. The fourth-order valence-corrected chi connectivity index (χ4v) is 6.45. The first kappa shape index (κ1) is 31.3. The van der Waals surface area contributed by atoms with Gasteiger partial charge in [-0.05, 0) is 37.5 Å². The van der Waals surface area contributed by atoms with E-state index in [4.69, 9.17) is 9.26 Å². The molecule has 2 N–H and O–H groups in total. The van der Waals surface area contributed by atoms with E-state index in [1.807, 2.05) is 37.3 Å². The minimum absolute atomic E-state index is 0. The molecule has 1 unspecified atom stereocenters. The van der Waals surface area contributed by atoms with Gasteiger partial charge in [-0.15, -0.1) is 0 Å². The molecular formula is C33H40FN5O5. The summed E-state index contributed by atoms with van der Waals surface area (Å²) >= 11 is 0. The van der Waals surface area contributed by atoms with Crippen LogP contribution in [-0.2, 0) is 24.2 Å². The molecule has 1 fully saturated rings. The minimum Gasteiger partial charge on any atom is -0.399 e. The molecule has 234 valence electrons. The van der Waals surface area contributed by atoms with E-state index in [0.29, 0.717) is 72.7 Å². The van der Waals surface area contributed by atoms with Crippen molar-refractivity contribution >= 4 is 17.1 Å². The lowest BCUT2D eigenvalue weighted by Crippen LogP contribution is -2.56. The Morgan fingerprint density at radius 3 is 2.73 bits per heavy atom. The number of benzene rings is 2. The van der Waals surface area contributed by atoms with Gasteiger partial charge in [0.2, 0.25) is 6.73 Å². The molecule has 1 saturated heterocycles. The van der Waals surface area contributed by atoms with Gasteiger partial charge in [0.25, 0.3) is 5.56 Å². The topological polar surface area (TPSA) is 119 Å². The molecule has 0 bridgehead atoms. The van der Waals surface area contributed by atoms with Crippen molar-refractivity contribution in [3.8, 4) is 0 Å². The largest absolute Gasteiger partial charge is 0.411 e. The van der Waals surface area contributed by atoms with Crippen LogP contribution in [0.5, 0.6) is 0 Å². The normalized spacial score (nSPS) is 21.3. The molecule has 0 spiro atoms. The van der Waals surface area contributed by atoms with Crippen molar-refractivity contribution in [3.05, 3.63) is 100 Å². The molecule has 4 heterocycles. The van der Waals surface area contributed by atoms with Gasteiger partial charge in [-0.3, -0.25) is 13.8 Å². The van der Waals surface area contributed by atoms with Crippen LogP contribution in [0.3, 0.4) is 0 Å². The number of carbonyl (C=O) groups is 1. The molecule has 2 aliphatic rings. The highest BCUT2D eigenvalue weighted by molar-refractivity contribution is 5.79. The number of aromatic nitrogens is 3. The molecule has 10 nitrogen and oxygen atoms in total. The number of amides is 1. The Labute approximate surface area is 256 Å². The van der Waals surface area contributed by atoms with Crippen LogP contribution >= 0.6 is 0 Å². The summed E-state index contributed by atoms with van der Waals surface area (Å²) in [5, 5.41) is 18.3. The number of piperidine rings is 1. The zero-order valence-corrected chi connectivity index (χ0v) is 25.3. The van der Waals surface area contributed by atoms with Gasteiger partial charge in [0.1, 0.15) is 17.7 Å². The number of quaternary nitrogens is 1. The van der Waals surface area contributed by atoms with Gasteiger partial charge in [-0.2, -0.15) is 0 Å². The van der Waals surface area contributed by atoms with Crippen LogP contribution in [0.1, 0.15) is 66.0 Å². The average molecular weight is 606 g/mol. The molecule has 11 heteroatoms. The minimum atomic E-state index is -0.724. The molecular weight excluding hydrogens is 565 g/mol. The maximum absolute atomic E-state index is 13.7. The predicted octanol–water partition coefficient (Wildman–Crippen LogP) is 4.93. The van der Waals surface area contributed by atoms with Crippen molar-refractivity contribution in [1.82, 2.24) is 20.0 Å². The van der Waals surface area contributed by atoms with Gasteiger partial charge in [0, 0.05) is 61.0 Å². The van der Waals surface area contributed by atoms with E-state index in [-0.39, 0.29) is 31.5 Å². The number of hydrogen-bond acceptors (Lipinski definition) is 7. The van der Waals surface area contributed by atoms with E-state index in [2.05, 4.69) is 15.5 Å². The van der Waals surface area contributed by atoms with Gasteiger partial charge in [0.05, 0.1) is 25.3 Å². The number of aliphatic hydroxyl groups excluding tert-OH is 1. The smallest absolute Gasteiger partial charge is 0.399 e. The van der Waals surface area contributed by atoms with Crippen LogP contribution in [0.15, 0.2) is 57.8 Å². The van der Waals surface area contributed by atoms with Crippen molar-refractivity contribution < 1.29 is 28.0 Å². The molecule has 2 aliphatic heterocycles. The quantitative estimate of drug-likeness (QED) is 0.216. The Morgan fingerprint density at radius 2 is 1.95 bits per heavy atom. The van der Waals surface area contributed by atoms with Crippen molar-refractivity contribution in [2.45, 2.75) is 64.1 Å². The van der Waals surface area contributed by atoms with Gasteiger partial charge in [-0.25, -0.2) is 14.2 Å². The summed E-state index contributed by atoms with van der Waals surface area (Å²) in [6.45, 7) is 4.88. The van der Waals surface area contributed by atoms with E-state index >= 15 is 0 Å². The Kier molecular flexibility index (Phi) is 9.45. The monoisotopic (exact) mass is 605 g/mol. The summed E-state index contributed by atoms with van der Waals surface area (Å²) < 4.78 is 27.0. The second-order valence-corrected chi connectivity index (χ2v) is 11.8. The highest BCUT2D eigenvalue weighted by Crippen LogP contribution is 2.35. The Hall–Kier alpha value is -4.09. The number of likely N-dealkylation sites (tertiary alicyclic amines) is 1. The number of carbonyl (C=O) groups excluding carboxylic acids is 1. The molecule has 1 atom stereocenters. The third kappa shape index (κ3) is 6.53. The first-order valence-corrected chi connectivity index (χ1v) is 14.9. The molecule has 2 aromatic heterocycles. The maximum Gasteiger partial charge on any atom is 0.411 e. The van der Waals surface area contributed by atoms with Crippen molar-refractivity contribution in [2.75, 3.05) is 26.4 Å². The van der Waals surface area contributed by atoms with E-state index in [9.17, 15) is 19.1 Å². The van der Waals surface area contributed by atoms with Crippen LogP contribution in [0, 0.1) is 20.2 Å². The fourth-order valence-electron chi connectivity index (χ4n) is 6.45. The van der Waals surface area contributed by atoms with Crippen molar-refractivity contribution in [3.63, 3.8) is 0 Å². The Morgan fingerprint density at radius 1 is 1.18 bits per heavy atom. The Balaban J connectivity index is 0.00000384. The van der Waals surface area contributed by atoms with E-state index in [1.165, 1.54) is 12.1 Å². The zero-order valence-electron chi connectivity index (χ0n) is 25.3. The number of fused-ring (bicyclic) bond motifs is 2. The Bertz CT molecular complexity index is 1660. The molecule has 1 amide bonds. The van der Waals surface area contributed by atoms with Crippen LogP contribution in [0.4, 0.5) is 9.18 Å². The first-order valence-electron chi connectivity index (χ1n) is 14.9. The van der Waals surface area contributed by atoms with E-state index in [1.54, 1.807) is 10.6 Å². The van der Waals surface area contributed by atoms with E-state index < -0.39 is 12.2 Å². The predicted molar refractivity (Wildman–Crippen MR) is 163 cm³/mol. The van der Waals surface area contributed by atoms with Crippen LogP contribution < -0.4 is 10.9 Å². The number of nitrogens with one attached hydrogen (secondary N) is 1. The molecule has 44 heavy (non-hydrogen) atoms. The van der Waals surface area contributed by atoms with Gasteiger partial charge >= 0.3 is 6.09 Å². The number of alkyl carbamates (subject to hydrolysis) is 1. The lowest BCUT2D eigenvalue weighted by Gasteiger charge is -2.42. The number of aryl methyl sites for hydroxylation is 1. The van der Waals surface area contributed by atoms with Gasteiger partial charge < -0.3 is 27.1 Å². The average Bonchev–Trinajstić information content (AvgIpc) is 3.43. The third-order valence-corrected chi connectivity index (χ3v) is 8.99. The number of halogens is 1. The first-order chi connectivity index (χ1) is 20.8. The molecule has 0 saturated carbocycles.